The summed E-state index contributed by atoms with van der Waals surface area (Å²) >= 11 is 0. The summed E-state index contributed by atoms with van der Waals surface area (Å²) in [6, 6.07) is 0. The van der Waals surface area contributed by atoms with Gasteiger partial charge >= 0.3 is 6.09 Å². The Bertz CT molecular complexity index is 333. The van der Waals surface area contributed by atoms with Crippen LogP contribution in [0.5, 0.6) is 0 Å². The van der Waals surface area contributed by atoms with Gasteiger partial charge in [-0.3, -0.25) is 0 Å². The fraction of sp³-hybridized carbons (Fsp3) is 0.864. The summed E-state index contributed by atoms with van der Waals surface area (Å²) in [4.78, 5) is 13.9. The first-order valence-corrected chi connectivity index (χ1v) is 10.5. The predicted octanol–water partition coefficient (Wildman–Crippen LogP) is 7.11. The summed E-state index contributed by atoms with van der Waals surface area (Å²) in [5.41, 5.74) is -0.437. The molecule has 0 aromatic rings. The van der Waals surface area contributed by atoms with E-state index in [-0.39, 0.29) is 6.09 Å². The molecule has 148 valence electrons. The Morgan fingerprint density at radius 2 is 1.32 bits per heavy atom. The molecule has 0 aliphatic carbocycles. The molecule has 0 N–H and O–H groups in total. The molecule has 3 heteroatoms. The highest BCUT2D eigenvalue weighted by atomic mass is 16.6. The van der Waals surface area contributed by atoms with Crippen LogP contribution in [-0.4, -0.2) is 29.7 Å². The Balaban J connectivity index is 3.63. The molecular weight excluding hydrogens is 310 g/mol. The molecule has 0 rings (SSSR count). The van der Waals surface area contributed by atoms with Crippen molar-refractivity contribution in [3.63, 3.8) is 0 Å². The summed E-state index contributed by atoms with van der Waals surface area (Å²) in [7, 11) is 0. The van der Waals surface area contributed by atoms with Gasteiger partial charge in [0.15, 0.2) is 0 Å². The van der Waals surface area contributed by atoms with Crippen molar-refractivity contribution in [3.05, 3.63) is 12.7 Å². The van der Waals surface area contributed by atoms with E-state index >= 15 is 0 Å². The summed E-state index contributed by atoms with van der Waals surface area (Å²) in [6.07, 6.45) is 17.5. The lowest BCUT2D eigenvalue weighted by Gasteiger charge is -2.26. The maximum atomic E-state index is 12.1. The van der Waals surface area contributed by atoms with Crippen LogP contribution >= 0.6 is 0 Å². The molecule has 0 unspecified atom stereocenters. The molecule has 0 saturated carbocycles. The van der Waals surface area contributed by atoms with Gasteiger partial charge in [-0.2, -0.15) is 0 Å². The van der Waals surface area contributed by atoms with Gasteiger partial charge in [-0.25, -0.2) is 4.79 Å². The molecule has 0 aromatic carbocycles. The molecule has 1 amide bonds. The number of carbonyl (C=O) groups is 1. The quantitative estimate of drug-likeness (QED) is 0.232. The Morgan fingerprint density at radius 1 is 0.880 bits per heavy atom. The Labute approximate surface area is 157 Å². The molecule has 0 saturated heterocycles. The van der Waals surface area contributed by atoms with Crippen molar-refractivity contribution in [2.45, 2.75) is 110 Å². The molecule has 0 atom stereocenters. The number of unbranched alkanes of at least 4 members (excludes halogenated alkanes) is 11. The molecule has 0 aromatic heterocycles. The number of rotatable bonds is 15. The Hall–Kier alpha value is -0.990. The highest BCUT2D eigenvalue weighted by Gasteiger charge is 2.20. The van der Waals surface area contributed by atoms with E-state index in [0.717, 1.165) is 13.0 Å². The van der Waals surface area contributed by atoms with Crippen LogP contribution in [0.15, 0.2) is 12.7 Å². The van der Waals surface area contributed by atoms with Crippen LogP contribution in [0.2, 0.25) is 0 Å². The number of amides is 1. The van der Waals surface area contributed by atoms with Crippen molar-refractivity contribution in [3.8, 4) is 0 Å². The van der Waals surface area contributed by atoms with E-state index in [1.807, 2.05) is 20.8 Å². The Morgan fingerprint density at radius 3 is 1.72 bits per heavy atom. The van der Waals surface area contributed by atoms with Gasteiger partial charge in [0, 0.05) is 13.1 Å². The van der Waals surface area contributed by atoms with Crippen molar-refractivity contribution in [1.82, 2.24) is 4.90 Å². The molecule has 0 radical (unpaired) electrons. The predicted molar refractivity (Wildman–Crippen MR) is 109 cm³/mol. The van der Waals surface area contributed by atoms with E-state index in [1.165, 1.54) is 70.6 Å². The van der Waals surface area contributed by atoms with E-state index in [9.17, 15) is 4.79 Å². The van der Waals surface area contributed by atoms with Gasteiger partial charge in [0.05, 0.1) is 0 Å². The first-order valence-electron chi connectivity index (χ1n) is 10.5. The summed E-state index contributed by atoms with van der Waals surface area (Å²) in [5.74, 6) is 0. The minimum Gasteiger partial charge on any atom is -0.444 e. The number of hydrogen-bond acceptors (Lipinski definition) is 2. The van der Waals surface area contributed by atoms with Crippen molar-refractivity contribution < 1.29 is 9.53 Å². The zero-order valence-corrected chi connectivity index (χ0v) is 17.4. The number of hydrogen-bond donors (Lipinski definition) is 0. The van der Waals surface area contributed by atoms with Crippen molar-refractivity contribution >= 4 is 6.09 Å². The smallest absolute Gasteiger partial charge is 0.410 e. The van der Waals surface area contributed by atoms with Crippen molar-refractivity contribution in [2.24, 2.45) is 0 Å². The van der Waals surface area contributed by atoms with Gasteiger partial charge in [-0.1, -0.05) is 83.6 Å². The Kier molecular flexibility index (Phi) is 14.7. The van der Waals surface area contributed by atoms with Crippen LogP contribution in [0.1, 0.15) is 105 Å². The zero-order chi connectivity index (χ0) is 19.0. The van der Waals surface area contributed by atoms with Crippen molar-refractivity contribution in [2.75, 3.05) is 13.1 Å². The summed E-state index contributed by atoms with van der Waals surface area (Å²) < 4.78 is 5.45. The SMILES string of the molecule is C=CCN(CCCCCCCCCCCCCC)C(=O)OC(C)(C)C. The van der Waals surface area contributed by atoms with E-state index in [4.69, 9.17) is 4.74 Å². The van der Waals surface area contributed by atoms with Gasteiger partial charge in [-0.15, -0.1) is 6.58 Å². The second-order valence-corrected chi connectivity index (χ2v) is 8.10. The molecule has 0 spiro atoms. The minimum atomic E-state index is -0.437. The average molecular weight is 354 g/mol. The van der Waals surface area contributed by atoms with E-state index in [2.05, 4.69) is 13.5 Å². The molecule has 0 aliphatic heterocycles. The fourth-order valence-electron chi connectivity index (χ4n) is 2.88. The molecule has 25 heavy (non-hydrogen) atoms. The van der Waals surface area contributed by atoms with Crippen LogP contribution in [0, 0.1) is 0 Å². The first kappa shape index (κ1) is 24.0. The van der Waals surface area contributed by atoms with E-state index in [0.29, 0.717) is 6.54 Å². The van der Waals surface area contributed by atoms with Gasteiger partial charge in [0.2, 0.25) is 0 Å². The van der Waals surface area contributed by atoms with Crippen LogP contribution < -0.4 is 0 Å². The largest absolute Gasteiger partial charge is 0.444 e. The molecule has 0 fully saturated rings. The maximum absolute atomic E-state index is 12.1. The molecular formula is C22H43NO2. The third-order valence-electron chi connectivity index (χ3n) is 4.28. The number of ether oxygens (including phenoxy) is 1. The van der Waals surface area contributed by atoms with E-state index < -0.39 is 5.60 Å². The lowest BCUT2D eigenvalue weighted by molar-refractivity contribution is 0.0269. The topological polar surface area (TPSA) is 29.5 Å². The monoisotopic (exact) mass is 353 g/mol. The van der Waals surface area contributed by atoms with Gasteiger partial charge in [-0.05, 0) is 27.2 Å². The maximum Gasteiger partial charge on any atom is 0.410 e. The standard InChI is InChI=1S/C22H43NO2/c1-6-8-9-10-11-12-13-14-15-16-17-18-20-23(19-7-2)21(24)25-22(3,4)5/h7H,2,6,8-20H2,1,3-5H3. The highest BCUT2D eigenvalue weighted by molar-refractivity contribution is 5.68. The van der Waals surface area contributed by atoms with Crippen molar-refractivity contribution in [1.29, 1.82) is 0 Å². The molecule has 0 heterocycles. The number of carbonyl (C=O) groups excluding carboxylic acids is 1. The third kappa shape index (κ3) is 16.2. The van der Waals surface area contributed by atoms with Gasteiger partial charge in [0.1, 0.15) is 5.60 Å². The lowest BCUT2D eigenvalue weighted by Crippen LogP contribution is -2.37. The molecule has 0 bridgehead atoms. The molecule has 3 nitrogen and oxygen atoms in total. The zero-order valence-electron chi connectivity index (χ0n) is 17.4. The summed E-state index contributed by atoms with van der Waals surface area (Å²) in [6.45, 7) is 13.0. The first-order chi connectivity index (χ1) is 11.9. The van der Waals surface area contributed by atoms with Crippen LogP contribution in [0.3, 0.4) is 0 Å². The van der Waals surface area contributed by atoms with E-state index in [1.54, 1.807) is 11.0 Å². The lowest BCUT2D eigenvalue weighted by atomic mass is 10.1. The second-order valence-electron chi connectivity index (χ2n) is 8.10. The van der Waals surface area contributed by atoms with Gasteiger partial charge < -0.3 is 9.64 Å². The average Bonchev–Trinajstić information content (AvgIpc) is 2.53. The molecule has 0 aliphatic rings. The van der Waals surface area contributed by atoms with Crippen LogP contribution in [-0.2, 0) is 4.74 Å². The van der Waals surface area contributed by atoms with Crippen LogP contribution in [0.25, 0.3) is 0 Å². The summed E-state index contributed by atoms with van der Waals surface area (Å²) in [5, 5.41) is 0. The van der Waals surface area contributed by atoms with Gasteiger partial charge in [0.25, 0.3) is 0 Å². The normalized spacial score (nSPS) is 11.4. The van der Waals surface area contributed by atoms with Crippen LogP contribution in [0.4, 0.5) is 4.79 Å². The minimum absolute atomic E-state index is 0.226. The number of nitrogens with zero attached hydrogens (tertiary/aromatic N) is 1. The third-order valence-corrected chi connectivity index (χ3v) is 4.28. The fourth-order valence-corrected chi connectivity index (χ4v) is 2.88. The highest BCUT2D eigenvalue weighted by Crippen LogP contribution is 2.13. The second kappa shape index (κ2) is 15.3.